The summed E-state index contributed by atoms with van der Waals surface area (Å²) in [4.78, 5) is 23.4. The van der Waals surface area contributed by atoms with Crippen LogP contribution in [0.5, 0.6) is 0 Å². The summed E-state index contributed by atoms with van der Waals surface area (Å²) in [5.41, 5.74) is 0. The lowest BCUT2D eigenvalue weighted by molar-refractivity contribution is -0.125. The van der Waals surface area contributed by atoms with Crippen LogP contribution >= 0.6 is 11.8 Å². The number of hydrogen-bond acceptors (Lipinski definition) is 6. The summed E-state index contributed by atoms with van der Waals surface area (Å²) in [6, 6.07) is 3.64. The van der Waals surface area contributed by atoms with Crippen LogP contribution in [0.2, 0.25) is 0 Å². The van der Waals surface area contributed by atoms with Gasteiger partial charge in [-0.25, -0.2) is 0 Å². The van der Waals surface area contributed by atoms with E-state index in [-0.39, 0.29) is 30.2 Å². The molecule has 0 aliphatic rings. The smallest absolute Gasteiger partial charge is 0.239 e. The van der Waals surface area contributed by atoms with Gasteiger partial charge in [-0.15, -0.1) is 10.2 Å². The van der Waals surface area contributed by atoms with Crippen LogP contribution in [0.15, 0.2) is 28.0 Å². The zero-order valence-electron chi connectivity index (χ0n) is 13.9. The maximum atomic E-state index is 11.9. The van der Waals surface area contributed by atoms with Gasteiger partial charge in [0, 0.05) is 12.6 Å². The van der Waals surface area contributed by atoms with Crippen LogP contribution in [0.3, 0.4) is 0 Å². The molecule has 2 heterocycles. The Bertz CT molecular complexity index is 681. The van der Waals surface area contributed by atoms with Gasteiger partial charge in [0.05, 0.1) is 18.6 Å². The average molecular weight is 351 g/mol. The molecule has 24 heavy (non-hydrogen) atoms. The Hall–Kier alpha value is -2.29. The number of furan rings is 1. The molecule has 130 valence electrons. The van der Waals surface area contributed by atoms with Crippen molar-refractivity contribution in [3.8, 4) is 11.6 Å². The van der Waals surface area contributed by atoms with Crippen molar-refractivity contribution in [1.29, 1.82) is 0 Å². The molecule has 0 saturated carbocycles. The number of amides is 2. The summed E-state index contributed by atoms with van der Waals surface area (Å²) >= 11 is 1.27. The van der Waals surface area contributed by atoms with Crippen molar-refractivity contribution in [2.24, 2.45) is 0 Å². The molecule has 0 spiro atoms. The van der Waals surface area contributed by atoms with Crippen molar-refractivity contribution >= 4 is 23.6 Å². The third-order valence-electron chi connectivity index (χ3n) is 3.00. The van der Waals surface area contributed by atoms with Crippen LogP contribution in [0, 0.1) is 0 Å². The minimum Gasteiger partial charge on any atom is -0.461 e. The van der Waals surface area contributed by atoms with Crippen molar-refractivity contribution in [3.63, 3.8) is 0 Å². The van der Waals surface area contributed by atoms with Gasteiger partial charge in [0.1, 0.15) is 0 Å². The summed E-state index contributed by atoms with van der Waals surface area (Å²) in [6.45, 7) is 6.32. The lowest BCUT2D eigenvalue weighted by Crippen LogP contribution is -2.40. The highest BCUT2D eigenvalue weighted by Gasteiger charge is 2.16. The van der Waals surface area contributed by atoms with Gasteiger partial charge in [0.15, 0.2) is 16.7 Å². The number of rotatable bonds is 8. The first-order valence-corrected chi connectivity index (χ1v) is 8.65. The fourth-order valence-electron chi connectivity index (χ4n) is 2.00. The molecule has 0 aliphatic carbocycles. The molecule has 8 nitrogen and oxygen atoms in total. The normalized spacial score (nSPS) is 10.8. The Balaban J connectivity index is 1.88. The summed E-state index contributed by atoms with van der Waals surface area (Å²) in [5, 5.41) is 14.1. The molecule has 0 bridgehead atoms. The molecule has 2 aromatic rings. The molecule has 0 atom stereocenters. The van der Waals surface area contributed by atoms with E-state index in [1.165, 1.54) is 11.8 Å². The van der Waals surface area contributed by atoms with E-state index in [1.807, 2.05) is 31.4 Å². The highest BCUT2D eigenvalue weighted by molar-refractivity contribution is 7.99. The predicted octanol–water partition coefficient (Wildman–Crippen LogP) is 1.29. The molecule has 0 fully saturated rings. The Labute approximate surface area is 144 Å². The van der Waals surface area contributed by atoms with E-state index in [2.05, 4.69) is 20.8 Å². The van der Waals surface area contributed by atoms with E-state index in [1.54, 1.807) is 12.3 Å². The van der Waals surface area contributed by atoms with Gasteiger partial charge in [-0.2, -0.15) is 0 Å². The van der Waals surface area contributed by atoms with Crippen LogP contribution in [0.1, 0.15) is 20.8 Å². The second-order valence-electron chi connectivity index (χ2n) is 5.32. The van der Waals surface area contributed by atoms with Gasteiger partial charge >= 0.3 is 0 Å². The van der Waals surface area contributed by atoms with E-state index in [0.717, 1.165) is 0 Å². The Morgan fingerprint density at radius 1 is 1.33 bits per heavy atom. The summed E-state index contributed by atoms with van der Waals surface area (Å²) in [7, 11) is 0. The van der Waals surface area contributed by atoms with Crippen LogP contribution < -0.4 is 10.6 Å². The molecular weight excluding hydrogens is 330 g/mol. The van der Waals surface area contributed by atoms with Gasteiger partial charge in [0.25, 0.3) is 0 Å². The number of nitrogens with one attached hydrogen (secondary N) is 2. The zero-order valence-corrected chi connectivity index (χ0v) is 14.7. The number of nitrogens with zero attached hydrogens (tertiary/aromatic N) is 3. The SMILES string of the molecule is CCn1c(SCC(=O)NCC(=O)NC(C)C)nnc1-c1ccco1. The predicted molar refractivity (Wildman–Crippen MR) is 90.4 cm³/mol. The van der Waals surface area contributed by atoms with Crippen molar-refractivity contribution in [2.75, 3.05) is 12.3 Å². The van der Waals surface area contributed by atoms with Crippen LogP contribution in [-0.2, 0) is 16.1 Å². The zero-order chi connectivity index (χ0) is 17.5. The highest BCUT2D eigenvalue weighted by Crippen LogP contribution is 2.23. The maximum absolute atomic E-state index is 11.9. The first-order chi connectivity index (χ1) is 11.5. The van der Waals surface area contributed by atoms with Gasteiger partial charge < -0.3 is 15.1 Å². The fourth-order valence-corrected chi connectivity index (χ4v) is 2.83. The minimum atomic E-state index is -0.232. The topological polar surface area (TPSA) is 102 Å². The lowest BCUT2D eigenvalue weighted by Gasteiger charge is -2.09. The van der Waals surface area contributed by atoms with Crippen LogP contribution in [0.4, 0.5) is 0 Å². The van der Waals surface area contributed by atoms with Crippen molar-refractivity contribution in [1.82, 2.24) is 25.4 Å². The van der Waals surface area contributed by atoms with Gasteiger partial charge in [-0.05, 0) is 32.9 Å². The molecule has 0 unspecified atom stereocenters. The second-order valence-corrected chi connectivity index (χ2v) is 6.26. The van der Waals surface area contributed by atoms with Gasteiger partial charge in [-0.1, -0.05) is 11.8 Å². The molecule has 2 aromatic heterocycles. The van der Waals surface area contributed by atoms with E-state index in [4.69, 9.17) is 4.42 Å². The highest BCUT2D eigenvalue weighted by atomic mass is 32.2. The van der Waals surface area contributed by atoms with Crippen molar-refractivity contribution in [3.05, 3.63) is 18.4 Å². The Morgan fingerprint density at radius 3 is 2.75 bits per heavy atom. The monoisotopic (exact) mass is 351 g/mol. The first-order valence-electron chi connectivity index (χ1n) is 7.67. The number of aromatic nitrogens is 3. The molecule has 0 aliphatic heterocycles. The van der Waals surface area contributed by atoms with Crippen molar-refractivity contribution < 1.29 is 14.0 Å². The third kappa shape index (κ3) is 4.85. The van der Waals surface area contributed by atoms with Crippen molar-refractivity contribution in [2.45, 2.75) is 38.5 Å². The fraction of sp³-hybridized carbons (Fsp3) is 0.467. The summed E-state index contributed by atoms with van der Waals surface area (Å²) < 4.78 is 7.22. The second kappa shape index (κ2) is 8.53. The minimum absolute atomic E-state index is 0.0321. The molecule has 2 amide bonds. The summed E-state index contributed by atoms with van der Waals surface area (Å²) in [6.07, 6.45) is 1.58. The van der Waals surface area contributed by atoms with E-state index in [9.17, 15) is 9.59 Å². The molecule has 0 aromatic carbocycles. The number of hydrogen-bond donors (Lipinski definition) is 2. The lowest BCUT2D eigenvalue weighted by atomic mass is 10.4. The van der Waals surface area contributed by atoms with Crippen LogP contribution in [0.25, 0.3) is 11.6 Å². The summed E-state index contributed by atoms with van der Waals surface area (Å²) in [5.74, 6) is 0.975. The maximum Gasteiger partial charge on any atom is 0.239 e. The molecular formula is C15H21N5O3S. The van der Waals surface area contributed by atoms with Crippen LogP contribution in [-0.4, -0.2) is 44.9 Å². The first kappa shape index (κ1) is 18.1. The molecule has 2 N–H and O–H groups in total. The Morgan fingerprint density at radius 2 is 2.12 bits per heavy atom. The quantitative estimate of drug-likeness (QED) is 0.695. The van der Waals surface area contributed by atoms with E-state index >= 15 is 0 Å². The molecule has 0 saturated heterocycles. The molecule has 9 heteroatoms. The van der Waals surface area contributed by atoms with E-state index < -0.39 is 0 Å². The van der Waals surface area contributed by atoms with Gasteiger partial charge in [-0.3, -0.25) is 14.2 Å². The van der Waals surface area contributed by atoms with Gasteiger partial charge in [0.2, 0.25) is 11.8 Å². The number of carbonyl (C=O) groups is 2. The standard InChI is InChI=1S/C15H21N5O3S/c1-4-20-14(11-6-5-7-23-11)18-19-15(20)24-9-13(22)16-8-12(21)17-10(2)3/h5-7,10H,4,8-9H2,1-3H3,(H,16,22)(H,17,21). The largest absolute Gasteiger partial charge is 0.461 e. The van der Waals surface area contributed by atoms with E-state index in [0.29, 0.717) is 23.3 Å². The average Bonchev–Trinajstić information content (AvgIpc) is 3.18. The molecule has 0 radical (unpaired) electrons. The third-order valence-corrected chi connectivity index (χ3v) is 3.97. The number of carbonyl (C=O) groups excluding carboxylic acids is 2. The molecule has 2 rings (SSSR count). The number of thioether (sulfide) groups is 1. The Kier molecular flexibility index (Phi) is 6.42.